The Morgan fingerprint density at radius 3 is 2.58 bits per heavy atom. The van der Waals surface area contributed by atoms with Crippen LogP contribution in [0.25, 0.3) is 0 Å². The van der Waals surface area contributed by atoms with Gasteiger partial charge in [-0.15, -0.1) is 0 Å². The zero-order chi connectivity index (χ0) is 25.7. The molecule has 1 unspecified atom stereocenters. The quantitative estimate of drug-likeness (QED) is 0.462. The van der Waals surface area contributed by atoms with Gasteiger partial charge < -0.3 is 14.8 Å². The highest BCUT2D eigenvalue weighted by Gasteiger charge is 2.33. The van der Waals surface area contributed by atoms with Crippen molar-refractivity contribution in [2.24, 2.45) is 0 Å². The third-order valence-corrected chi connectivity index (χ3v) is 6.17. The first kappa shape index (κ1) is 25.0. The van der Waals surface area contributed by atoms with Gasteiger partial charge in [0.15, 0.2) is 19.0 Å². The van der Waals surface area contributed by atoms with Gasteiger partial charge in [-0.3, -0.25) is 19.3 Å². The van der Waals surface area contributed by atoms with Gasteiger partial charge >= 0.3 is 0 Å². The van der Waals surface area contributed by atoms with Crippen molar-refractivity contribution in [3.63, 3.8) is 0 Å². The van der Waals surface area contributed by atoms with Crippen LogP contribution in [0.3, 0.4) is 0 Å². The molecule has 0 bridgehead atoms. The number of aryl methyl sites for hydroxylation is 2. The van der Waals surface area contributed by atoms with E-state index >= 15 is 0 Å². The number of carbonyl (C=O) groups is 3. The predicted molar refractivity (Wildman–Crippen MR) is 138 cm³/mol. The summed E-state index contributed by atoms with van der Waals surface area (Å²) in [6.45, 7) is 5.73. The van der Waals surface area contributed by atoms with Crippen LogP contribution in [0.15, 0.2) is 66.7 Å². The lowest BCUT2D eigenvalue weighted by molar-refractivity contribution is -0.127. The summed E-state index contributed by atoms with van der Waals surface area (Å²) in [5.41, 5.74) is 3.95. The first-order valence-electron chi connectivity index (χ1n) is 12.0. The van der Waals surface area contributed by atoms with Crippen LogP contribution in [-0.2, 0) is 16.0 Å². The molecule has 2 amide bonds. The van der Waals surface area contributed by atoms with Crippen LogP contribution in [0.1, 0.15) is 34.0 Å². The molecule has 7 heteroatoms. The number of amides is 2. The molecule has 1 heterocycles. The summed E-state index contributed by atoms with van der Waals surface area (Å²) in [7, 11) is 0. The van der Waals surface area contributed by atoms with Gasteiger partial charge in [0, 0.05) is 12.1 Å². The number of hydrogen-bond acceptors (Lipinski definition) is 5. The second-order valence-electron chi connectivity index (χ2n) is 8.92. The van der Waals surface area contributed by atoms with Crippen LogP contribution in [0.5, 0.6) is 11.5 Å². The largest absolute Gasteiger partial charge is 0.485 e. The van der Waals surface area contributed by atoms with E-state index in [0.29, 0.717) is 35.7 Å². The summed E-state index contributed by atoms with van der Waals surface area (Å²) in [6, 6.07) is 19.7. The molecule has 1 aliphatic rings. The molecule has 0 fully saturated rings. The number of anilines is 1. The third-order valence-electron chi connectivity index (χ3n) is 6.17. The fourth-order valence-corrected chi connectivity index (χ4v) is 4.20. The van der Waals surface area contributed by atoms with Gasteiger partial charge in [0.25, 0.3) is 5.91 Å². The van der Waals surface area contributed by atoms with E-state index < -0.39 is 6.04 Å². The Hall–Kier alpha value is -4.13. The number of hydrogen-bond donors (Lipinski definition) is 1. The Balaban J connectivity index is 1.45. The maximum atomic E-state index is 12.9. The zero-order valence-corrected chi connectivity index (χ0v) is 20.7. The maximum absolute atomic E-state index is 12.9. The summed E-state index contributed by atoms with van der Waals surface area (Å²) in [6.07, 6.45) is 0.687. The normalized spacial score (nSPS) is 13.4. The van der Waals surface area contributed by atoms with Crippen molar-refractivity contribution < 1.29 is 23.9 Å². The van der Waals surface area contributed by atoms with Crippen molar-refractivity contribution >= 4 is 23.3 Å². The average Bonchev–Trinajstić information content (AvgIpc) is 2.87. The summed E-state index contributed by atoms with van der Waals surface area (Å²) in [5, 5.41) is 2.90. The molecule has 186 valence electrons. The van der Waals surface area contributed by atoms with E-state index in [0.717, 1.165) is 16.7 Å². The summed E-state index contributed by atoms with van der Waals surface area (Å²) in [5.74, 6) is 0.236. The number of rotatable bonds is 9. The van der Waals surface area contributed by atoms with E-state index in [-0.39, 0.29) is 30.8 Å². The zero-order valence-electron chi connectivity index (χ0n) is 20.7. The maximum Gasteiger partial charge on any atom is 0.265 e. The second-order valence-corrected chi connectivity index (χ2v) is 8.92. The fourth-order valence-electron chi connectivity index (χ4n) is 4.20. The molecule has 0 aromatic heterocycles. The van der Waals surface area contributed by atoms with Gasteiger partial charge in [0.05, 0.1) is 5.69 Å². The van der Waals surface area contributed by atoms with E-state index in [9.17, 15) is 14.4 Å². The molecular weight excluding hydrogens is 456 g/mol. The van der Waals surface area contributed by atoms with E-state index in [1.807, 2.05) is 62.4 Å². The van der Waals surface area contributed by atoms with Crippen LogP contribution in [-0.4, -0.2) is 43.4 Å². The third kappa shape index (κ3) is 5.74. The Morgan fingerprint density at radius 1 is 1.06 bits per heavy atom. The van der Waals surface area contributed by atoms with Crippen molar-refractivity contribution in [3.05, 3.63) is 89.0 Å². The van der Waals surface area contributed by atoms with Gasteiger partial charge in [0.1, 0.15) is 17.5 Å². The molecule has 3 aromatic rings. The molecule has 0 aliphatic carbocycles. The highest BCUT2D eigenvalue weighted by molar-refractivity contribution is 6.05. The Morgan fingerprint density at radius 2 is 1.83 bits per heavy atom. The summed E-state index contributed by atoms with van der Waals surface area (Å²) in [4.78, 5) is 40.0. The van der Waals surface area contributed by atoms with Gasteiger partial charge in [-0.2, -0.15) is 0 Å². The molecule has 3 aromatic carbocycles. The minimum absolute atomic E-state index is 0.146. The number of carbonyl (C=O) groups excluding carboxylic acids is 3. The minimum Gasteiger partial charge on any atom is -0.485 e. The van der Waals surface area contributed by atoms with Crippen molar-refractivity contribution in [1.29, 1.82) is 0 Å². The highest BCUT2D eigenvalue weighted by atomic mass is 16.5. The topological polar surface area (TPSA) is 84.9 Å². The van der Waals surface area contributed by atoms with Crippen LogP contribution in [0.4, 0.5) is 5.69 Å². The van der Waals surface area contributed by atoms with Gasteiger partial charge in [-0.25, -0.2) is 0 Å². The van der Waals surface area contributed by atoms with Crippen molar-refractivity contribution in [2.75, 3.05) is 24.7 Å². The lowest BCUT2D eigenvalue weighted by Crippen LogP contribution is -2.51. The molecule has 1 aliphatic heterocycles. The van der Waals surface area contributed by atoms with Crippen LogP contribution < -0.4 is 19.7 Å². The van der Waals surface area contributed by atoms with Gasteiger partial charge in [0.2, 0.25) is 5.91 Å². The lowest BCUT2D eigenvalue weighted by Gasteiger charge is -2.33. The van der Waals surface area contributed by atoms with Crippen LogP contribution in [0.2, 0.25) is 0 Å². The van der Waals surface area contributed by atoms with Crippen LogP contribution >= 0.6 is 0 Å². The standard InChI is InChI=1S/C29H30N2O5/c1-19-9-11-26(20(2)15-19)35-17-25(32)23-10-12-27-24(16-23)31(28(33)18-36-27)21(3)29(34)30-14-13-22-7-5-4-6-8-22/h4-12,15-16,21H,13-14,17-18H2,1-3H3,(H,30,34). The molecule has 0 radical (unpaired) electrons. The first-order chi connectivity index (χ1) is 17.3. The van der Waals surface area contributed by atoms with E-state index in [1.54, 1.807) is 25.1 Å². The Kier molecular flexibility index (Phi) is 7.68. The van der Waals surface area contributed by atoms with E-state index in [4.69, 9.17) is 9.47 Å². The second kappa shape index (κ2) is 11.1. The smallest absolute Gasteiger partial charge is 0.265 e. The Bertz CT molecular complexity index is 1270. The van der Waals surface area contributed by atoms with Crippen molar-refractivity contribution in [1.82, 2.24) is 5.32 Å². The molecule has 4 rings (SSSR count). The lowest BCUT2D eigenvalue weighted by atomic mass is 10.1. The van der Waals surface area contributed by atoms with Crippen LogP contribution in [0, 0.1) is 13.8 Å². The number of fused-ring (bicyclic) bond motifs is 1. The number of ether oxygens (including phenoxy) is 2. The Labute approximate surface area is 211 Å². The number of nitrogens with zero attached hydrogens (tertiary/aromatic N) is 1. The number of ketones is 1. The van der Waals surface area contributed by atoms with E-state index in [1.165, 1.54) is 4.90 Å². The number of Topliss-reactive ketones (excluding diaryl/α,β-unsaturated/α-hetero) is 1. The highest BCUT2D eigenvalue weighted by Crippen LogP contribution is 2.34. The SMILES string of the molecule is Cc1ccc(OCC(=O)c2ccc3c(c2)N(C(C)C(=O)NCCc2ccccc2)C(=O)CO3)c(C)c1. The minimum atomic E-state index is -0.771. The first-order valence-corrected chi connectivity index (χ1v) is 12.0. The molecule has 36 heavy (non-hydrogen) atoms. The molecular formula is C29H30N2O5. The van der Waals surface area contributed by atoms with E-state index in [2.05, 4.69) is 5.32 Å². The molecule has 0 spiro atoms. The summed E-state index contributed by atoms with van der Waals surface area (Å²) >= 11 is 0. The fraction of sp³-hybridized carbons (Fsp3) is 0.276. The average molecular weight is 487 g/mol. The number of benzene rings is 3. The predicted octanol–water partition coefficient (Wildman–Crippen LogP) is 4.04. The monoisotopic (exact) mass is 486 g/mol. The molecule has 1 N–H and O–H groups in total. The molecule has 0 saturated carbocycles. The van der Waals surface area contributed by atoms with Crippen molar-refractivity contribution in [2.45, 2.75) is 33.2 Å². The van der Waals surface area contributed by atoms with Crippen molar-refractivity contribution in [3.8, 4) is 11.5 Å². The molecule has 7 nitrogen and oxygen atoms in total. The summed E-state index contributed by atoms with van der Waals surface area (Å²) < 4.78 is 11.3. The van der Waals surface area contributed by atoms with Gasteiger partial charge in [-0.1, -0.05) is 48.0 Å². The molecule has 0 saturated heterocycles. The van der Waals surface area contributed by atoms with Gasteiger partial charge in [-0.05, 0) is 62.6 Å². The molecule has 1 atom stereocenters. The number of nitrogens with one attached hydrogen (secondary N) is 1.